The van der Waals surface area contributed by atoms with E-state index in [2.05, 4.69) is 0 Å². The molecule has 1 N–H and O–H groups in total. The molecule has 0 radical (unpaired) electrons. The monoisotopic (exact) mass is 305 g/mol. The van der Waals surface area contributed by atoms with Crippen LogP contribution in [0.1, 0.15) is 44.9 Å². The van der Waals surface area contributed by atoms with Crippen molar-refractivity contribution in [3.63, 3.8) is 0 Å². The van der Waals surface area contributed by atoms with Crippen molar-refractivity contribution in [2.45, 2.75) is 63.2 Å². The summed E-state index contributed by atoms with van der Waals surface area (Å²) in [6, 6.07) is -0.444. The van der Waals surface area contributed by atoms with E-state index in [9.17, 15) is 23.1 Å². The van der Waals surface area contributed by atoms with Gasteiger partial charge in [-0.3, -0.25) is 9.69 Å². The Morgan fingerprint density at radius 1 is 1.05 bits per heavy atom. The Kier molecular flexibility index (Phi) is 3.93. The zero-order valence-corrected chi connectivity index (χ0v) is 12.0. The SMILES string of the molecule is O=C(O)C1C2CCCC2CN1C1CCC(C(F)(F)F)CC1. The van der Waals surface area contributed by atoms with Crippen molar-refractivity contribution >= 4 is 5.97 Å². The molecule has 0 aromatic heterocycles. The van der Waals surface area contributed by atoms with E-state index in [4.69, 9.17) is 0 Å². The number of rotatable bonds is 2. The van der Waals surface area contributed by atoms with Gasteiger partial charge in [0.25, 0.3) is 0 Å². The van der Waals surface area contributed by atoms with Crippen molar-refractivity contribution in [3.8, 4) is 0 Å². The first-order valence-corrected chi connectivity index (χ1v) is 7.93. The summed E-state index contributed by atoms with van der Waals surface area (Å²) in [7, 11) is 0. The van der Waals surface area contributed by atoms with Crippen LogP contribution in [0.3, 0.4) is 0 Å². The first-order chi connectivity index (χ1) is 9.88. The number of halogens is 3. The zero-order valence-electron chi connectivity index (χ0n) is 12.0. The lowest BCUT2D eigenvalue weighted by molar-refractivity contribution is -0.185. The molecule has 3 nitrogen and oxygen atoms in total. The quantitative estimate of drug-likeness (QED) is 0.851. The maximum atomic E-state index is 12.7. The molecule has 0 spiro atoms. The predicted molar refractivity (Wildman–Crippen MR) is 70.8 cm³/mol. The van der Waals surface area contributed by atoms with Gasteiger partial charge in [0, 0.05) is 12.6 Å². The molecular weight excluding hydrogens is 283 g/mol. The van der Waals surface area contributed by atoms with E-state index in [1.165, 1.54) is 0 Å². The van der Waals surface area contributed by atoms with Gasteiger partial charge in [0.1, 0.15) is 6.04 Å². The van der Waals surface area contributed by atoms with Crippen molar-refractivity contribution in [1.82, 2.24) is 4.90 Å². The Morgan fingerprint density at radius 2 is 1.71 bits per heavy atom. The molecule has 1 saturated heterocycles. The normalized spacial score (nSPS) is 41.2. The Bertz CT molecular complexity index is 404. The van der Waals surface area contributed by atoms with E-state index in [-0.39, 0.29) is 24.8 Å². The lowest BCUT2D eigenvalue weighted by atomic mass is 9.84. The average molecular weight is 305 g/mol. The van der Waals surface area contributed by atoms with E-state index in [1.54, 1.807) is 0 Å². The smallest absolute Gasteiger partial charge is 0.391 e. The molecule has 0 aromatic carbocycles. The van der Waals surface area contributed by atoms with Crippen LogP contribution in [0.15, 0.2) is 0 Å². The van der Waals surface area contributed by atoms with Gasteiger partial charge >= 0.3 is 12.1 Å². The molecule has 21 heavy (non-hydrogen) atoms. The summed E-state index contributed by atoms with van der Waals surface area (Å²) in [6.07, 6.45) is 0.269. The zero-order chi connectivity index (χ0) is 15.2. The van der Waals surface area contributed by atoms with Crippen LogP contribution in [0, 0.1) is 17.8 Å². The molecule has 1 heterocycles. The molecule has 3 aliphatic rings. The number of fused-ring (bicyclic) bond motifs is 1. The van der Waals surface area contributed by atoms with Crippen LogP contribution in [-0.4, -0.2) is 40.8 Å². The number of hydrogen-bond acceptors (Lipinski definition) is 2. The maximum absolute atomic E-state index is 12.7. The van der Waals surface area contributed by atoms with Crippen LogP contribution in [0.2, 0.25) is 0 Å². The fraction of sp³-hybridized carbons (Fsp3) is 0.933. The second-order valence-electron chi connectivity index (χ2n) is 6.88. The van der Waals surface area contributed by atoms with Gasteiger partial charge in [-0.1, -0.05) is 6.42 Å². The average Bonchev–Trinajstić information content (AvgIpc) is 2.96. The summed E-state index contributed by atoms with van der Waals surface area (Å²) >= 11 is 0. The minimum Gasteiger partial charge on any atom is -0.480 e. The second-order valence-corrected chi connectivity index (χ2v) is 6.88. The highest BCUT2D eigenvalue weighted by Gasteiger charge is 2.51. The molecule has 0 amide bonds. The Labute approximate surface area is 122 Å². The van der Waals surface area contributed by atoms with Crippen LogP contribution < -0.4 is 0 Å². The summed E-state index contributed by atoms with van der Waals surface area (Å²) in [5.41, 5.74) is 0. The molecule has 3 atom stereocenters. The number of carbonyl (C=O) groups is 1. The second kappa shape index (κ2) is 5.45. The highest BCUT2D eigenvalue weighted by molar-refractivity contribution is 5.74. The van der Waals surface area contributed by atoms with E-state index in [0.29, 0.717) is 18.8 Å². The summed E-state index contributed by atoms with van der Waals surface area (Å²) in [5.74, 6) is -1.34. The van der Waals surface area contributed by atoms with Crippen molar-refractivity contribution < 1.29 is 23.1 Å². The topological polar surface area (TPSA) is 40.5 Å². The van der Waals surface area contributed by atoms with E-state index >= 15 is 0 Å². The van der Waals surface area contributed by atoms with Crippen molar-refractivity contribution in [2.24, 2.45) is 17.8 Å². The largest absolute Gasteiger partial charge is 0.480 e. The summed E-state index contributed by atoms with van der Waals surface area (Å²) < 4.78 is 38.2. The van der Waals surface area contributed by atoms with Crippen LogP contribution in [0.5, 0.6) is 0 Å². The number of alkyl halides is 3. The molecule has 6 heteroatoms. The highest BCUT2D eigenvalue weighted by Crippen LogP contribution is 2.46. The van der Waals surface area contributed by atoms with Gasteiger partial charge in [-0.2, -0.15) is 13.2 Å². The molecular formula is C15H22F3NO2. The minimum atomic E-state index is -4.10. The standard InChI is InChI=1S/C15H22F3NO2/c16-15(17,18)10-4-6-11(7-5-10)19-8-9-2-1-3-12(9)13(19)14(20)21/h9-13H,1-8H2,(H,20,21). The van der Waals surface area contributed by atoms with Gasteiger partial charge in [-0.05, 0) is 50.4 Å². The Hall–Kier alpha value is -0.780. The summed E-state index contributed by atoms with van der Waals surface area (Å²) in [6.45, 7) is 0.767. The van der Waals surface area contributed by atoms with Crippen molar-refractivity contribution in [3.05, 3.63) is 0 Å². The van der Waals surface area contributed by atoms with Gasteiger partial charge in [0.15, 0.2) is 0 Å². The molecule has 0 aromatic rings. The van der Waals surface area contributed by atoms with Crippen LogP contribution in [0.4, 0.5) is 13.2 Å². The predicted octanol–water partition coefficient (Wildman–Crippen LogP) is 3.29. The molecule has 1 aliphatic heterocycles. The molecule has 3 rings (SSSR count). The van der Waals surface area contributed by atoms with E-state index in [0.717, 1.165) is 25.8 Å². The van der Waals surface area contributed by atoms with Crippen molar-refractivity contribution in [2.75, 3.05) is 6.54 Å². The van der Waals surface area contributed by atoms with E-state index < -0.39 is 24.1 Å². The lowest BCUT2D eigenvalue weighted by Gasteiger charge is -2.38. The van der Waals surface area contributed by atoms with Gasteiger partial charge in [-0.25, -0.2) is 0 Å². The number of carboxylic acid groups (broad SMARTS) is 1. The highest BCUT2D eigenvalue weighted by atomic mass is 19.4. The fourth-order valence-corrected chi connectivity index (χ4v) is 4.77. The number of aliphatic carboxylic acids is 1. The summed E-state index contributed by atoms with van der Waals surface area (Å²) in [4.78, 5) is 13.6. The molecule has 2 aliphatic carbocycles. The molecule has 2 saturated carbocycles. The Morgan fingerprint density at radius 3 is 2.29 bits per heavy atom. The number of nitrogens with zero attached hydrogens (tertiary/aromatic N) is 1. The van der Waals surface area contributed by atoms with Gasteiger partial charge in [0.2, 0.25) is 0 Å². The first kappa shape index (κ1) is 15.1. The molecule has 120 valence electrons. The van der Waals surface area contributed by atoms with Crippen LogP contribution in [-0.2, 0) is 4.79 Å². The lowest BCUT2D eigenvalue weighted by Crippen LogP contribution is -2.47. The van der Waals surface area contributed by atoms with E-state index in [1.807, 2.05) is 4.90 Å². The van der Waals surface area contributed by atoms with Gasteiger partial charge < -0.3 is 5.11 Å². The minimum absolute atomic E-state index is 0.0234. The molecule has 3 fully saturated rings. The van der Waals surface area contributed by atoms with Crippen LogP contribution >= 0.6 is 0 Å². The number of hydrogen-bond donors (Lipinski definition) is 1. The summed E-state index contributed by atoms with van der Waals surface area (Å²) in [5, 5.41) is 9.52. The van der Waals surface area contributed by atoms with Crippen LogP contribution in [0.25, 0.3) is 0 Å². The third kappa shape index (κ3) is 2.79. The number of carboxylic acids is 1. The molecule has 3 unspecified atom stereocenters. The van der Waals surface area contributed by atoms with Gasteiger partial charge in [0.05, 0.1) is 5.92 Å². The third-order valence-electron chi connectivity index (χ3n) is 5.81. The third-order valence-corrected chi connectivity index (χ3v) is 5.81. The maximum Gasteiger partial charge on any atom is 0.391 e. The first-order valence-electron chi connectivity index (χ1n) is 7.93. The fourth-order valence-electron chi connectivity index (χ4n) is 4.77. The number of likely N-dealkylation sites (tertiary alicyclic amines) is 1. The molecule has 0 bridgehead atoms. The van der Waals surface area contributed by atoms with Crippen molar-refractivity contribution in [1.29, 1.82) is 0 Å². The van der Waals surface area contributed by atoms with Gasteiger partial charge in [-0.15, -0.1) is 0 Å². The Balaban J connectivity index is 1.66.